The fraction of sp³-hybridized carbons (Fsp3) is 0.500. The molecule has 0 N–H and O–H groups in total. The van der Waals surface area contributed by atoms with E-state index in [2.05, 4.69) is 15.9 Å². The number of ether oxygens (including phenoxy) is 3. The summed E-state index contributed by atoms with van der Waals surface area (Å²) in [6.07, 6.45) is 0.0361. The van der Waals surface area contributed by atoms with Crippen molar-refractivity contribution in [1.29, 1.82) is 0 Å². The van der Waals surface area contributed by atoms with Gasteiger partial charge >= 0.3 is 11.9 Å². The largest absolute Gasteiger partial charge is 0.496 e. The van der Waals surface area contributed by atoms with Crippen molar-refractivity contribution in [2.24, 2.45) is 5.92 Å². The minimum absolute atomic E-state index is 0.00719. The second kappa shape index (κ2) is 9.46. The Morgan fingerprint density at radius 3 is 2.36 bits per heavy atom. The Kier molecular flexibility index (Phi) is 7.95. The number of halogens is 1. The normalized spacial score (nSPS) is 10.4. The predicted octanol–water partition coefficient (Wildman–Crippen LogP) is 3.48. The molecule has 0 amide bonds. The van der Waals surface area contributed by atoms with Gasteiger partial charge in [0.05, 0.1) is 26.6 Å². The molecule has 0 bridgehead atoms. The van der Waals surface area contributed by atoms with Gasteiger partial charge in [0.25, 0.3) is 0 Å². The highest BCUT2D eigenvalue weighted by molar-refractivity contribution is 9.10. The average molecular weight is 373 g/mol. The van der Waals surface area contributed by atoms with Crippen LogP contribution in [-0.4, -0.2) is 25.7 Å². The van der Waals surface area contributed by atoms with Gasteiger partial charge < -0.3 is 14.2 Å². The van der Waals surface area contributed by atoms with Crippen molar-refractivity contribution in [3.05, 3.63) is 28.2 Å². The van der Waals surface area contributed by atoms with Crippen molar-refractivity contribution in [3.8, 4) is 5.75 Å². The van der Waals surface area contributed by atoms with Gasteiger partial charge in [-0.2, -0.15) is 0 Å². The van der Waals surface area contributed by atoms with Crippen LogP contribution < -0.4 is 4.74 Å². The van der Waals surface area contributed by atoms with E-state index in [9.17, 15) is 9.59 Å². The zero-order chi connectivity index (χ0) is 16.5. The molecule has 0 fully saturated rings. The molecule has 1 rings (SSSR count). The molecule has 0 saturated heterocycles. The van der Waals surface area contributed by atoms with Crippen molar-refractivity contribution in [2.75, 3.05) is 13.7 Å². The second-order valence-electron chi connectivity index (χ2n) is 5.19. The number of hydrogen-bond acceptors (Lipinski definition) is 5. The first kappa shape index (κ1) is 18.5. The van der Waals surface area contributed by atoms with Gasteiger partial charge in [0, 0.05) is 10.0 Å². The lowest BCUT2D eigenvalue weighted by Gasteiger charge is -2.10. The first-order valence-corrected chi connectivity index (χ1v) is 7.85. The van der Waals surface area contributed by atoms with Crippen LogP contribution in [0.2, 0.25) is 0 Å². The van der Waals surface area contributed by atoms with Crippen LogP contribution in [0.15, 0.2) is 22.7 Å². The molecule has 6 heteroatoms. The van der Waals surface area contributed by atoms with Gasteiger partial charge in [-0.1, -0.05) is 29.8 Å². The maximum absolute atomic E-state index is 11.7. The molecule has 1 aromatic rings. The molecule has 1 aromatic carbocycles. The molecular formula is C16H21BrO5. The lowest BCUT2D eigenvalue weighted by Crippen LogP contribution is -2.13. The van der Waals surface area contributed by atoms with Crippen molar-refractivity contribution < 1.29 is 23.8 Å². The molecule has 0 unspecified atom stereocenters. The molecule has 0 atom stereocenters. The van der Waals surface area contributed by atoms with Crippen molar-refractivity contribution in [2.45, 2.75) is 33.3 Å². The molecule has 5 nitrogen and oxygen atoms in total. The maximum atomic E-state index is 11.7. The van der Waals surface area contributed by atoms with Gasteiger partial charge in [-0.15, -0.1) is 0 Å². The Morgan fingerprint density at radius 2 is 1.77 bits per heavy atom. The summed E-state index contributed by atoms with van der Waals surface area (Å²) in [6.45, 7) is 4.37. The summed E-state index contributed by atoms with van der Waals surface area (Å²) in [5.41, 5.74) is 0.757. The number of rotatable bonds is 8. The number of carbonyl (C=O) groups is 2. The molecule has 122 valence electrons. The number of hydrogen-bond donors (Lipinski definition) is 0. The van der Waals surface area contributed by atoms with E-state index in [0.717, 1.165) is 10.0 Å². The van der Waals surface area contributed by atoms with Crippen LogP contribution in [0, 0.1) is 5.92 Å². The number of esters is 2. The third kappa shape index (κ3) is 6.93. The Balaban J connectivity index is 2.37. The van der Waals surface area contributed by atoms with Gasteiger partial charge in [0.1, 0.15) is 12.4 Å². The van der Waals surface area contributed by atoms with E-state index in [1.165, 1.54) is 0 Å². The van der Waals surface area contributed by atoms with Crippen LogP contribution in [0.1, 0.15) is 32.3 Å². The predicted molar refractivity (Wildman–Crippen MR) is 85.5 cm³/mol. The maximum Gasteiger partial charge on any atom is 0.306 e. The Labute approximate surface area is 139 Å². The van der Waals surface area contributed by atoms with Crippen LogP contribution in [0.4, 0.5) is 0 Å². The summed E-state index contributed by atoms with van der Waals surface area (Å²) in [4.78, 5) is 23.1. The van der Waals surface area contributed by atoms with Crippen LogP contribution in [0.3, 0.4) is 0 Å². The molecule has 0 aromatic heterocycles. The molecule has 22 heavy (non-hydrogen) atoms. The highest BCUT2D eigenvalue weighted by atomic mass is 79.9. The smallest absolute Gasteiger partial charge is 0.306 e. The van der Waals surface area contributed by atoms with Crippen LogP contribution in [0.5, 0.6) is 5.75 Å². The standard InChI is InChI=1S/C16H21BrO5/c1-11(2)9-21-15(18)6-7-16(19)22-10-12-8-13(17)4-5-14(12)20-3/h4-5,8,11H,6-7,9-10H2,1-3H3. The van der Waals surface area contributed by atoms with E-state index >= 15 is 0 Å². The monoisotopic (exact) mass is 372 g/mol. The Bertz CT molecular complexity index is 513. The molecule has 0 aliphatic rings. The van der Waals surface area contributed by atoms with E-state index < -0.39 is 5.97 Å². The first-order chi connectivity index (χ1) is 10.4. The van der Waals surface area contributed by atoms with Gasteiger partial charge in [0.2, 0.25) is 0 Å². The Morgan fingerprint density at radius 1 is 1.14 bits per heavy atom. The van der Waals surface area contributed by atoms with E-state index in [1.54, 1.807) is 13.2 Å². The van der Waals surface area contributed by atoms with E-state index in [4.69, 9.17) is 14.2 Å². The zero-order valence-electron chi connectivity index (χ0n) is 13.1. The quantitative estimate of drug-likeness (QED) is 0.653. The van der Waals surface area contributed by atoms with Crippen molar-refractivity contribution >= 4 is 27.9 Å². The highest BCUT2D eigenvalue weighted by Crippen LogP contribution is 2.23. The molecule has 0 spiro atoms. The van der Waals surface area contributed by atoms with Gasteiger partial charge in [0.15, 0.2) is 0 Å². The molecule has 0 heterocycles. The van der Waals surface area contributed by atoms with Crippen molar-refractivity contribution in [3.63, 3.8) is 0 Å². The fourth-order valence-corrected chi connectivity index (χ4v) is 2.03. The summed E-state index contributed by atoms with van der Waals surface area (Å²) < 4.78 is 16.2. The van der Waals surface area contributed by atoms with E-state index in [1.807, 2.05) is 26.0 Å². The minimum atomic E-state index is -0.441. The molecular weight excluding hydrogens is 352 g/mol. The topological polar surface area (TPSA) is 61.8 Å². The van der Waals surface area contributed by atoms with Gasteiger partial charge in [-0.05, 0) is 24.1 Å². The molecule has 0 radical (unpaired) electrons. The molecule has 0 aliphatic heterocycles. The van der Waals surface area contributed by atoms with E-state index in [-0.39, 0.29) is 31.3 Å². The van der Waals surface area contributed by atoms with E-state index in [0.29, 0.717) is 12.4 Å². The molecule has 0 aliphatic carbocycles. The summed E-state index contributed by atoms with van der Waals surface area (Å²) >= 11 is 3.35. The van der Waals surface area contributed by atoms with Crippen LogP contribution in [-0.2, 0) is 25.7 Å². The van der Waals surface area contributed by atoms with Gasteiger partial charge in [-0.3, -0.25) is 9.59 Å². The average Bonchev–Trinajstić information content (AvgIpc) is 2.48. The zero-order valence-corrected chi connectivity index (χ0v) is 14.6. The SMILES string of the molecule is COc1ccc(Br)cc1COC(=O)CCC(=O)OCC(C)C. The summed E-state index contributed by atoms with van der Waals surface area (Å²) in [5, 5.41) is 0. The summed E-state index contributed by atoms with van der Waals surface area (Å²) in [7, 11) is 1.55. The first-order valence-electron chi connectivity index (χ1n) is 7.06. The minimum Gasteiger partial charge on any atom is -0.496 e. The lowest BCUT2D eigenvalue weighted by molar-refractivity contribution is -0.151. The summed E-state index contributed by atoms with van der Waals surface area (Å²) in [6, 6.07) is 5.45. The van der Waals surface area contributed by atoms with Gasteiger partial charge in [-0.25, -0.2) is 0 Å². The summed E-state index contributed by atoms with van der Waals surface area (Å²) in [5.74, 6) is 0.0986. The third-order valence-corrected chi connectivity index (χ3v) is 3.24. The fourth-order valence-electron chi connectivity index (χ4n) is 1.63. The van der Waals surface area contributed by atoms with Crippen LogP contribution in [0.25, 0.3) is 0 Å². The second-order valence-corrected chi connectivity index (χ2v) is 6.11. The number of benzene rings is 1. The van der Waals surface area contributed by atoms with Crippen LogP contribution >= 0.6 is 15.9 Å². The Hall–Kier alpha value is -1.56. The third-order valence-electron chi connectivity index (χ3n) is 2.74. The van der Waals surface area contributed by atoms with Crippen molar-refractivity contribution in [1.82, 2.24) is 0 Å². The number of methoxy groups -OCH3 is 1. The highest BCUT2D eigenvalue weighted by Gasteiger charge is 2.11. The molecule has 0 saturated carbocycles. The number of carbonyl (C=O) groups excluding carboxylic acids is 2. The lowest BCUT2D eigenvalue weighted by atomic mass is 10.2.